The van der Waals surface area contributed by atoms with Crippen molar-refractivity contribution in [1.29, 1.82) is 0 Å². The number of nitrogens with one attached hydrogen (secondary N) is 1. The zero-order chi connectivity index (χ0) is 20.4. The van der Waals surface area contributed by atoms with Crippen LogP contribution in [0.2, 0.25) is 0 Å². The van der Waals surface area contributed by atoms with Gasteiger partial charge in [0.2, 0.25) is 0 Å². The Labute approximate surface area is 171 Å². The number of aryl methyl sites for hydroxylation is 1. The van der Waals surface area contributed by atoms with E-state index in [9.17, 15) is 4.79 Å². The van der Waals surface area contributed by atoms with Gasteiger partial charge in [0.25, 0.3) is 0 Å². The maximum absolute atomic E-state index is 12.3. The first kappa shape index (κ1) is 19.4. The molecule has 0 aliphatic heterocycles. The molecular weight excluding hydrogens is 364 g/mol. The third-order valence-electron chi connectivity index (χ3n) is 5.67. The molecule has 0 radical (unpaired) electrons. The molecule has 3 aromatic rings. The highest BCUT2D eigenvalue weighted by atomic mass is 16.5. The SMILES string of the molecule is CCOC(=O)C1(c2ccc(-c3ccc(-c4onc(C)c4CNC)cc3)cc2)CC1. The topological polar surface area (TPSA) is 64.4 Å². The van der Waals surface area contributed by atoms with E-state index in [0.29, 0.717) is 6.61 Å². The number of hydrogen-bond acceptors (Lipinski definition) is 5. The molecule has 0 bridgehead atoms. The Morgan fingerprint density at radius 3 is 2.21 bits per heavy atom. The molecule has 29 heavy (non-hydrogen) atoms. The molecule has 2 aromatic carbocycles. The molecule has 0 amide bonds. The highest BCUT2D eigenvalue weighted by molar-refractivity contribution is 5.87. The molecule has 1 saturated carbocycles. The standard InChI is InChI=1S/C24H26N2O3/c1-4-28-23(27)24(13-14-24)20-11-9-18(10-12-20)17-5-7-19(8-6-17)22-21(15-25-3)16(2)26-29-22/h5-12,25H,4,13-15H2,1-3H3. The van der Waals surface area contributed by atoms with Crippen molar-refractivity contribution in [2.75, 3.05) is 13.7 Å². The van der Waals surface area contributed by atoms with Crippen LogP contribution in [-0.2, 0) is 21.5 Å². The molecule has 1 N–H and O–H groups in total. The third-order valence-corrected chi connectivity index (χ3v) is 5.67. The summed E-state index contributed by atoms with van der Waals surface area (Å²) in [6.07, 6.45) is 1.73. The van der Waals surface area contributed by atoms with E-state index in [4.69, 9.17) is 9.26 Å². The number of esters is 1. The van der Waals surface area contributed by atoms with E-state index >= 15 is 0 Å². The number of carbonyl (C=O) groups excluding carboxylic acids is 1. The average molecular weight is 390 g/mol. The predicted octanol–water partition coefficient (Wildman–Crippen LogP) is 4.63. The molecule has 1 aliphatic rings. The smallest absolute Gasteiger partial charge is 0.316 e. The van der Waals surface area contributed by atoms with Crippen molar-refractivity contribution in [3.05, 3.63) is 65.4 Å². The zero-order valence-electron chi connectivity index (χ0n) is 17.1. The van der Waals surface area contributed by atoms with Crippen molar-refractivity contribution in [3.8, 4) is 22.5 Å². The summed E-state index contributed by atoms with van der Waals surface area (Å²) in [5.74, 6) is 0.709. The van der Waals surface area contributed by atoms with Gasteiger partial charge in [-0.2, -0.15) is 0 Å². The number of benzene rings is 2. The van der Waals surface area contributed by atoms with E-state index in [0.717, 1.165) is 58.7 Å². The Balaban J connectivity index is 1.55. The minimum atomic E-state index is -0.424. The van der Waals surface area contributed by atoms with Crippen LogP contribution in [0.4, 0.5) is 0 Å². The van der Waals surface area contributed by atoms with Crippen molar-refractivity contribution in [3.63, 3.8) is 0 Å². The summed E-state index contributed by atoms with van der Waals surface area (Å²) in [7, 11) is 1.91. The number of hydrogen-bond donors (Lipinski definition) is 1. The van der Waals surface area contributed by atoms with Crippen LogP contribution in [0.1, 0.15) is 36.6 Å². The minimum Gasteiger partial charge on any atom is -0.465 e. The average Bonchev–Trinajstić information content (AvgIpc) is 3.49. The monoisotopic (exact) mass is 390 g/mol. The fraction of sp³-hybridized carbons (Fsp3) is 0.333. The van der Waals surface area contributed by atoms with Crippen LogP contribution in [0, 0.1) is 6.92 Å². The molecule has 1 heterocycles. The van der Waals surface area contributed by atoms with Crippen LogP contribution in [0.5, 0.6) is 0 Å². The summed E-state index contributed by atoms with van der Waals surface area (Å²) in [5.41, 5.74) is 5.85. The highest BCUT2D eigenvalue weighted by Gasteiger charge is 2.52. The summed E-state index contributed by atoms with van der Waals surface area (Å²) in [6, 6.07) is 16.6. The fourth-order valence-corrected chi connectivity index (χ4v) is 3.80. The Hall–Kier alpha value is -2.92. The van der Waals surface area contributed by atoms with Crippen molar-refractivity contribution in [2.24, 2.45) is 0 Å². The Morgan fingerprint density at radius 1 is 1.07 bits per heavy atom. The number of carbonyl (C=O) groups is 1. The van der Waals surface area contributed by atoms with Crippen LogP contribution in [0.15, 0.2) is 53.1 Å². The van der Waals surface area contributed by atoms with Gasteiger partial charge in [-0.05, 0) is 50.4 Å². The third kappa shape index (κ3) is 3.58. The van der Waals surface area contributed by atoms with E-state index in [1.807, 2.05) is 20.9 Å². The van der Waals surface area contributed by atoms with Gasteiger partial charge >= 0.3 is 5.97 Å². The van der Waals surface area contributed by atoms with E-state index in [-0.39, 0.29) is 5.97 Å². The first-order chi connectivity index (χ1) is 14.1. The number of aromatic nitrogens is 1. The second kappa shape index (κ2) is 7.84. The summed E-state index contributed by atoms with van der Waals surface area (Å²) in [6.45, 7) is 4.95. The molecule has 150 valence electrons. The number of nitrogens with zero attached hydrogens (tertiary/aromatic N) is 1. The second-order valence-electron chi connectivity index (χ2n) is 7.56. The van der Waals surface area contributed by atoms with Crippen molar-refractivity contribution in [1.82, 2.24) is 10.5 Å². The molecular formula is C24H26N2O3. The molecule has 0 atom stereocenters. The van der Waals surface area contributed by atoms with Crippen LogP contribution in [-0.4, -0.2) is 24.8 Å². The number of rotatable bonds is 7. The van der Waals surface area contributed by atoms with Crippen molar-refractivity contribution in [2.45, 2.75) is 38.6 Å². The van der Waals surface area contributed by atoms with Crippen molar-refractivity contribution >= 4 is 5.97 Å². The quantitative estimate of drug-likeness (QED) is 0.596. The lowest BCUT2D eigenvalue weighted by Crippen LogP contribution is -2.23. The zero-order valence-corrected chi connectivity index (χ0v) is 17.1. The predicted molar refractivity (Wildman–Crippen MR) is 112 cm³/mol. The summed E-state index contributed by atoms with van der Waals surface area (Å²) >= 11 is 0. The second-order valence-corrected chi connectivity index (χ2v) is 7.56. The summed E-state index contributed by atoms with van der Waals surface area (Å²) in [5, 5.41) is 7.27. The van der Waals surface area contributed by atoms with Gasteiger partial charge in [-0.1, -0.05) is 53.7 Å². The molecule has 0 saturated heterocycles. The van der Waals surface area contributed by atoms with Gasteiger partial charge in [-0.3, -0.25) is 4.79 Å². The van der Waals surface area contributed by atoms with E-state index in [1.54, 1.807) is 0 Å². The molecule has 5 heteroatoms. The Morgan fingerprint density at radius 2 is 1.66 bits per heavy atom. The van der Waals surface area contributed by atoms with Gasteiger partial charge < -0.3 is 14.6 Å². The molecule has 4 rings (SSSR count). The lowest BCUT2D eigenvalue weighted by Gasteiger charge is -2.14. The van der Waals surface area contributed by atoms with Gasteiger partial charge in [-0.15, -0.1) is 0 Å². The van der Waals surface area contributed by atoms with Gasteiger partial charge in [-0.25, -0.2) is 0 Å². The molecule has 1 aromatic heterocycles. The molecule has 0 unspecified atom stereocenters. The van der Waals surface area contributed by atoms with Crippen LogP contribution in [0.3, 0.4) is 0 Å². The van der Waals surface area contributed by atoms with Gasteiger partial charge in [0, 0.05) is 17.7 Å². The van der Waals surface area contributed by atoms with Crippen LogP contribution in [0.25, 0.3) is 22.5 Å². The lowest BCUT2D eigenvalue weighted by molar-refractivity contribution is -0.146. The normalized spacial score (nSPS) is 14.6. The van der Waals surface area contributed by atoms with E-state index in [1.165, 1.54) is 0 Å². The molecule has 0 spiro atoms. The Bertz CT molecular complexity index is 1000. The maximum Gasteiger partial charge on any atom is 0.316 e. The molecule has 1 fully saturated rings. The van der Waals surface area contributed by atoms with Gasteiger partial charge in [0.15, 0.2) is 5.76 Å². The Kier molecular flexibility index (Phi) is 5.24. The fourth-order valence-electron chi connectivity index (χ4n) is 3.80. The molecule has 1 aliphatic carbocycles. The minimum absolute atomic E-state index is 0.100. The largest absolute Gasteiger partial charge is 0.465 e. The highest BCUT2D eigenvalue weighted by Crippen LogP contribution is 2.49. The van der Waals surface area contributed by atoms with E-state index in [2.05, 4.69) is 59.0 Å². The molecule has 5 nitrogen and oxygen atoms in total. The number of ether oxygens (including phenoxy) is 1. The lowest BCUT2D eigenvalue weighted by atomic mass is 9.93. The summed E-state index contributed by atoms with van der Waals surface area (Å²) < 4.78 is 10.8. The van der Waals surface area contributed by atoms with Gasteiger partial charge in [0.05, 0.1) is 17.7 Å². The van der Waals surface area contributed by atoms with Crippen molar-refractivity contribution < 1.29 is 14.1 Å². The first-order valence-electron chi connectivity index (χ1n) is 10.1. The van der Waals surface area contributed by atoms with Crippen LogP contribution >= 0.6 is 0 Å². The van der Waals surface area contributed by atoms with Gasteiger partial charge in [0.1, 0.15) is 0 Å². The first-order valence-corrected chi connectivity index (χ1v) is 10.1. The van der Waals surface area contributed by atoms with Crippen LogP contribution < -0.4 is 5.32 Å². The van der Waals surface area contributed by atoms with E-state index < -0.39 is 5.41 Å². The summed E-state index contributed by atoms with van der Waals surface area (Å²) in [4.78, 5) is 12.3. The maximum atomic E-state index is 12.3.